The largest absolute Gasteiger partial charge is 0.497 e. The van der Waals surface area contributed by atoms with E-state index >= 15 is 0 Å². The molecular weight excluding hydrogens is 442 g/mol. The molecule has 4 rings (SSSR count). The van der Waals surface area contributed by atoms with Crippen molar-refractivity contribution in [1.82, 2.24) is 19.9 Å². The van der Waals surface area contributed by atoms with Gasteiger partial charge in [0.05, 0.1) is 11.6 Å². The molecule has 1 aliphatic rings. The molecule has 1 amide bonds. The Morgan fingerprint density at radius 3 is 2.43 bits per heavy atom. The van der Waals surface area contributed by atoms with Crippen molar-refractivity contribution in [1.29, 1.82) is 0 Å². The van der Waals surface area contributed by atoms with E-state index in [0.717, 1.165) is 20.8 Å². The maximum atomic E-state index is 12.8. The summed E-state index contributed by atoms with van der Waals surface area (Å²) < 4.78 is 6.03. The lowest BCUT2D eigenvalue weighted by Gasteiger charge is -2.34. The summed E-state index contributed by atoms with van der Waals surface area (Å²) in [5.41, 5.74) is 1.46. The van der Waals surface area contributed by atoms with Crippen LogP contribution in [-0.4, -0.2) is 59.0 Å². The summed E-state index contributed by atoms with van der Waals surface area (Å²) in [5.74, 6) is 1.45. The molecular formula is C19H18BrN5O2S. The van der Waals surface area contributed by atoms with Gasteiger partial charge in [-0.25, -0.2) is 15.0 Å². The van der Waals surface area contributed by atoms with Crippen LogP contribution in [0.2, 0.25) is 0 Å². The minimum Gasteiger partial charge on any atom is -0.497 e. The fourth-order valence-corrected chi connectivity index (χ4v) is 3.98. The van der Waals surface area contributed by atoms with Gasteiger partial charge in [0.15, 0.2) is 0 Å². The molecule has 0 bridgehead atoms. The second kappa shape index (κ2) is 8.24. The van der Waals surface area contributed by atoms with Gasteiger partial charge in [0.2, 0.25) is 5.95 Å². The van der Waals surface area contributed by atoms with E-state index in [2.05, 4.69) is 35.8 Å². The average Bonchev–Trinajstić information content (AvgIpc) is 3.24. The highest BCUT2D eigenvalue weighted by atomic mass is 79.9. The van der Waals surface area contributed by atoms with E-state index in [9.17, 15) is 4.79 Å². The SMILES string of the molecule is COc1ccc(-c2nc(C(=O)N3CCN(c4ncc(Br)cn4)CC3)cs2)cc1. The van der Waals surface area contributed by atoms with Gasteiger partial charge in [0.25, 0.3) is 5.91 Å². The highest BCUT2D eigenvalue weighted by molar-refractivity contribution is 9.10. The van der Waals surface area contributed by atoms with Crippen LogP contribution in [0.3, 0.4) is 0 Å². The molecule has 1 saturated heterocycles. The van der Waals surface area contributed by atoms with Crippen molar-refractivity contribution in [3.05, 3.63) is 52.2 Å². The number of thiazole rings is 1. The molecule has 3 aromatic rings. The number of piperazine rings is 1. The number of aromatic nitrogens is 3. The molecule has 28 heavy (non-hydrogen) atoms. The number of benzene rings is 1. The summed E-state index contributed by atoms with van der Waals surface area (Å²) in [4.78, 5) is 29.9. The quantitative estimate of drug-likeness (QED) is 0.595. The smallest absolute Gasteiger partial charge is 0.273 e. The second-order valence-electron chi connectivity index (χ2n) is 6.25. The fourth-order valence-electron chi connectivity index (χ4n) is 2.98. The van der Waals surface area contributed by atoms with Gasteiger partial charge in [-0.05, 0) is 40.2 Å². The van der Waals surface area contributed by atoms with Crippen LogP contribution in [-0.2, 0) is 0 Å². The van der Waals surface area contributed by atoms with Gasteiger partial charge in [-0.3, -0.25) is 4.79 Å². The highest BCUT2D eigenvalue weighted by Gasteiger charge is 2.25. The van der Waals surface area contributed by atoms with Crippen LogP contribution in [0, 0.1) is 0 Å². The van der Waals surface area contributed by atoms with Gasteiger partial charge in [0, 0.05) is 49.5 Å². The van der Waals surface area contributed by atoms with Crippen molar-refractivity contribution < 1.29 is 9.53 Å². The Labute approximate surface area is 175 Å². The number of hydrogen-bond donors (Lipinski definition) is 0. The Morgan fingerprint density at radius 2 is 1.79 bits per heavy atom. The van der Waals surface area contributed by atoms with E-state index < -0.39 is 0 Å². The lowest BCUT2D eigenvalue weighted by Crippen LogP contribution is -2.49. The Morgan fingerprint density at radius 1 is 1.11 bits per heavy atom. The topological polar surface area (TPSA) is 71.5 Å². The zero-order valence-electron chi connectivity index (χ0n) is 15.2. The average molecular weight is 460 g/mol. The normalized spacial score (nSPS) is 14.2. The first-order valence-electron chi connectivity index (χ1n) is 8.76. The fraction of sp³-hybridized carbons (Fsp3) is 0.263. The standard InChI is InChI=1S/C19H18BrN5O2S/c1-27-15-4-2-13(3-5-15)17-23-16(12-28-17)18(26)24-6-8-25(9-7-24)19-21-10-14(20)11-22-19/h2-5,10-12H,6-9H2,1H3. The van der Waals surface area contributed by atoms with Gasteiger partial charge in [-0.1, -0.05) is 0 Å². The third kappa shape index (κ3) is 4.00. The molecule has 0 spiro atoms. The Balaban J connectivity index is 1.40. The Kier molecular flexibility index (Phi) is 5.54. The van der Waals surface area contributed by atoms with Crippen molar-refractivity contribution in [3.63, 3.8) is 0 Å². The monoisotopic (exact) mass is 459 g/mol. The molecule has 0 saturated carbocycles. The van der Waals surface area contributed by atoms with Crippen LogP contribution in [0.1, 0.15) is 10.5 Å². The van der Waals surface area contributed by atoms with Crippen molar-refractivity contribution in [2.24, 2.45) is 0 Å². The first kappa shape index (κ1) is 18.8. The third-order valence-corrected chi connectivity index (χ3v) is 5.82. The summed E-state index contributed by atoms with van der Waals surface area (Å²) in [6.07, 6.45) is 3.46. The number of hydrogen-bond acceptors (Lipinski definition) is 7. The van der Waals surface area contributed by atoms with Crippen molar-refractivity contribution in [3.8, 4) is 16.3 Å². The van der Waals surface area contributed by atoms with Crippen molar-refractivity contribution >= 4 is 39.1 Å². The van der Waals surface area contributed by atoms with Gasteiger partial charge in [-0.15, -0.1) is 11.3 Å². The van der Waals surface area contributed by atoms with Gasteiger partial charge >= 0.3 is 0 Å². The second-order valence-corrected chi connectivity index (χ2v) is 8.02. The molecule has 1 fully saturated rings. The number of rotatable bonds is 4. The van der Waals surface area contributed by atoms with Crippen molar-refractivity contribution in [2.45, 2.75) is 0 Å². The summed E-state index contributed by atoms with van der Waals surface area (Å²) in [6.45, 7) is 2.63. The number of ether oxygens (including phenoxy) is 1. The molecule has 0 aliphatic carbocycles. The third-order valence-electron chi connectivity index (χ3n) is 4.52. The Bertz CT molecular complexity index is 953. The highest BCUT2D eigenvalue weighted by Crippen LogP contribution is 2.26. The van der Waals surface area contributed by atoms with Crippen LogP contribution in [0.4, 0.5) is 5.95 Å². The first-order chi connectivity index (χ1) is 13.6. The summed E-state index contributed by atoms with van der Waals surface area (Å²) in [7, 11) is 1.64. The molecule has 1 aromatic carbocycles. The van der Waals surface area contributed by atoms with E-state index in [1.165, 1.54) is 11.3 Å². The zero-order chi connectivity index (χ0) is 19.5. The first-order valence-corrected chi connectivity index (χ1v) is 10.4. The minimum absolute atomic E-state index is 0.0348. The predicted octanol–water partition coefficient (Wildman–Crippen LogP) is 3.33. The number of nitrogens with zero attached hydrogens (tertiary/aromatic N) is 5. The van der Waals surface area contributed by atoms with Gasteiger partial charge < -0.3 is 14.5 Å². The van der Waals surface area contributed by atoms with E-state index in [-0.39, 0.29) is 5.91 Å². The molecule has 0 radical (unpaired) electrons. The number of amides is 1. The summed E-state index contributed by atoms with van der Waals surface area (Å²) in [6, 6.07) is 7.68. The summed E-state index contributed by atoms with van der Waals surface area (Å²) in [5, 5.41) is 2.65. The molecule has 0 unspecified atom stereocenters. The van der Waals surface area contributed by atoms with E-state index in [1.807, 2.05) is 34.5 Å². The van der Waals surface area contributed by atoms with E-state index in [0.29, 0.717) is 37.8 Å². The van der Waals surface area contributed by atoms with Gasteiger partial charge in [-0.2, -0.15) is 0 Å². The molecule has 3 heterocycles. The van der Waals surface area contributed by atoms with Crippen LogP contribution in [0.5, 0.6) is 5.75 Å². The minimum atomic E-state index is -0.0348. The van der Waals surface area contributed by atoms with Crippen LogP contribution in [0.25, 0.3) is 10.6 Å². The van der Waals surface area contributed by atoms with E-state index in [4.69, 9.17) is 4.74 Å². The molecule has 0 N–H and O–H groups in total. The van der Waals surface area contributed by atoms with Gasteiger partial charge in [0.1, 0.15) is 16.5 Å². The molecule has 1 aliphatic heterocycles. The molecule has 144 valence electrons. The predicted molar refractivity (Wildman–Crippen MR) is 112 cm³/mol. The maximum absolute atomic E-state index is 12.8. The van der Waals surface area contributed by atoms with Crippen LogP contribution < -0.4 is 9.64 Å². The number of methoxy groups -OCH3 is 1. The molecule has 9 heteroatoms. The van der Waals surface area contributed by atoms with Crippen LogP contribution in [0.15, 0.2) is 46.5 Å². The molecule has 7 nitrogen and oxygen atoms in total. The van der Waals surface area contributed by atoms with E-state index in [1.54, 1.807) is 19.5 Å². The number of carbonyl (C=O) groups excluding carboxylic acids is 1. The lowest BCUT2D eigenvalue weighted by atomic mass is 10.2. The zero-order valence-corrected chi connectivity index (χ0v) is 17.6. The van der Waals surface area contributed by atoms with Crippen LogP contribution >= 0.6 is 27.3 Å². The lowest BCUT2D eigenvalue weighted by molar-refractivity contribution is 0.0741. The maximum Gasteiger partial charge on any atom is 0.273 e. The Hall–Kier alpha value is -2.52. The number of carbonyl (C=O) groups is 1. The number of anilines is 1. The molecule has 0 atom stereocenters. The molecule has 2 aromatic heterocycles. The van der Waals surface area contributed by atoms with Crippen molar-refractivity contribution in [2.75, 3.05) is 38.2 Å². The summed E-state index contributed by atoms with van der Waals surface area (Å²) >= 11 is 4.81. The number of halogens is 1.